The van der Waals surface area contributed by atoms with Gasteiger partial charge >= 0.3 is 0 Å². The van der Waals surface area contributed by atoms with E-state index in [1.807, 2.05) is 12.1 Å². The summed E-state index contributed by atoms with van der Waals surface area (Å²) in [5.41, 5.74) is 9.48. The molecule has 3 heteroatoms. The van der Waals surface area contributed by atoms with Gasteiger partial charge < -0.3 is 11.1 Å². The maximum atomic E-state index is 11.4. The number of nitrogens with one attached hydrogen (secondary N) is 1. The zero-order valence-electron chi connectivity index (χ0n) is 13.2. The van der Waals surface area contributed by atoms with Crippen LogP contribution in [0, 0.1) is 11.3 Å². The summed E-state index contributed by atoms with van der Waals surface area (Å²) in [4.78, 5) is 11.4. The van der Waals surface area contributed by atoms with Crippen molar-refractivity contribution in [2.45, 2.75) is 57.4 Å². The molecule has 4 rings (SSSR count). The lowest BCUT2D eigenvalue weighted by atomic mass is 9.53. The van der Waals surface area contributed by atoms with Gasteiger partial charge in [-0.25, -0.2) is 0 Å². The van der Waals surface area contributed by atoms with Crippen LogP contribution in [0.4, 0.5) is 0 Å². The van der Waals surface area contributed by atoms with E-state index >= 15 is 0 Å². The fourth-order valence-electron chi connectivity index (χ4n) is 5.17. The molecule has 3 aliphatic rings. The minimum atomic E-state index is -0.317. The van der Waals surface area contributed by atoms with Crippen LogP contribution in [-0.4, -0.2) is 12.5 Å². The van der Waals surface area contributed by atoms with Crippen LogP contribution in [0.5, 0.6) is 0 Å². The van der Waals surface area contributed by atoms with E-state index in [-0.39, 0.29) is 5.91 Å². The highest BCUT2D eigenvalue weighted by atomic mass is 16.1. The van der Waals surface area contributed by atoms with Crippen LogP contribution in [0.1, 0.15) is 72.5 Å². The minimum absolute atomic E-state index is 0.317. The highest BCUT2D eigenvalue weighted by molar-refractivity contribution is 5.93. The van der Waals surface area contributed by atoms with Crippen molar-refractivity contribution >= 4 is 5.91 Å². The fourth-order valence-corrected chi connectivity index (χ4v) is 5.17. The van der Waals surface area contributed by atoms with Gasteiger partial charge in [-0.3, -0.25) is 4.79 Å². The van der Waals surface area contributed by atoms with Crippen molar-refractivity contribution in [3.8, 4) is 0 Å². The molecule has 3 N–H and O–H groups in total. The Morgan fingerprint density at radius 3 is 2.68 bits per heavy atom. The minimum Gasteiger partial charge on any atom is -0.366 e. The number of benzene rings is 1. The van der Waals surface area contributed by atoms with E-state index in [1.165, 1.54) is 56.1 Å². The number of nitrogens with two attached hydrogens (primary N) is 1. The summed E-state index contributed by atoms with van der Waals surface area (Å²) < 4.78 is 0. The topological polar surface area (TPSA) is 55.1 Å². The maximum Gasteiger partial charge on any atom is 0.248 e. The molecule has 2 fully saturated rings. The average molecular weight is 298 g/mol. The molecule has 1 aliphatic heterocycles. The third kappa shape index (κ3) is 2.36. The van der Waals surface area contributed by atoms with Gasteiger partial charge in [-0.05, 0) is 73.2 Å². The first kappa shape index (κ1) is 14.3. The van der Waals surface area contributed by atoms with Gasteiger partial charge in [0.15, 0.2) is 0 Å². The molecule has 1 aromatic carbocycles. The van der Waals surface area contributed by atoms with Crippen molar-refractivity contribution in [2.75, 3.05) is 6.54 Å². The SMILES string of the molecule is NC(=O)c1ccc2c(c1)CCNC2C1CC2(CCCCC2)C1. The lowest BCUT2D eigenvalue weighted by Crippen LogP contribution is -2.46. The van der Waals surface area contributed by atoms with Crippen molar-refractivity contribution in [3.05, 3.63) is 34.9 Å². The molecule has 1 spiro atoms. The molecule has 1 heterocycles. The quantitative estimate of drug-likeness (QED) is 0.880. The molecule has 118 valence electrons. The van der Waals surface area contributed by atoms with E-state index in [2.05, 4.69) is 11.4 Å². The number of rotatable bonds is 2. The van der Waals surface area contributed by atoms with E-state index in [9.17, 15) is 4.79 Å². The number of carbonyl (C=O) groups excluding carboxylic acids is 1. The molecule has 1 unspecified atom stereocenters. The zero-order valence-corrected chi connectivity index (χ0v) is 13.2. The van der Waals surface area contributed by atoms with Crippen LogP contribution < -0.4 is 11.1 Å². The molecule has 0 aromatic heterocycles. The number of hydrogen-bond acceptors (Lipinski definition) is 2. The van der Waals surface area contributed by atoms with Gasteiger partial charge in [-0.1, -0.05) is 25.3 Å². The summed E-state index contributed by atoms with van der Waals surface area (Å²) in [5.74, 6) is 0.458. The lowest BCUT2D eigenvalue weighted by Gasteiger charge is -2.54. The highest BCUT2D eigenvalue weighted by Crippen LogP contribution is 2.58. The summed E-state index contributed by atoms with van der Waals surface area (Å²) in [5, 5.41) is 3.73. The smallest absolute Gasteiger partial charge is 0.248 e. The van der Waals surface area contributed by atoms with E-state index in [4.69, 9.17) is 5.73 Å². The maximum absolute atomic E-state index is 11.4. The molecule has 0 saturated heterocycles. The highest BCUT2D eigenvalue weighted by Gasteiger charge is 2.47. The molecular formula is C19H26N2O. The number of hydrogen-bond donors (Lipinski definition) is 2. The summed E-state index contributed by atoms with van der Waals surface area (Å²) in [6.07, 6.45) is 11.0. The van der Waals surface area contributed by atoms with Crippen LogP contribution >= 0.6 is 0 Å². The zero-order chi connectivity index (χ0) is 15.2. The number of fused-ring (bicyclic) bond motifs is 1. The Balaban J connectivity index is 1.52. The number of primary amides is 1. The first-order valence-electron chi connectivity index (χ1n) is 8.83. The largest absolute Gasteiger partial charge is 0.366 e. The first-order valence-corrected chi connectivity index (χ1v) is 8.83. The fraction of sp³-hybridized carbons (Fsp3) is 0.632. The molecule has 2 saturated carbocycles. The van der Waals surface area contributed by atoms with Crippen LogP contribution in [0.25, 0.3) is 0 Å². The normalized spacial score (nSPS) is 27.2. The number of amides is 1. The van der Waals surface area contributed by atoms with Gasteiger partial charge in [-0.15, -0.1) is 0 Å². The summed E-state index contributed by atoms with van der Waals surface area (Å²) in [6.45, 7) is 1.02. The summed E-state index contributed by atoms with van der Waals surface area (Å²) >= 11 is 0. The van der Waals surface area contributed by atoms with E-state index in [0.717, 1.165) is 18.9 Å². The number of carbonyl (C=O) groups is 1. The Morgan fingerprint density at radius 2 is 1.95 bits per heavy atom. The van der Waals surface area contributed by atoms with Crippen LogP contribution in [0.15, 0.2) is 18.2 Å². The van der Waals surface area contributed by atoms with E-state index in [1.54, 1.807) is 0 Å². The van der Waals surface area contributed by atoms with Crippen molar-refractivity contribution in [1.82, 2.24) is 5.32 Å². The average Bonchev–Trinajstić information content (AvgIpc) is 2.52. The van der Waals surface area contributed by atoms with Crippen LogP contribution in [0.3, 0.4) is 0 Å². The lowest BCUT2D eigenvalue weighted by molar-refractivity contribution is -0.00619. The predicted octanol–water partition coefficient (Wildman–Crippen LogP) is 3.33. The van der Waals surface area contributed by atoms with Gasteiger partial charge in [0.2, 0.25) is 5.91 Å². The molecule has 22 heavy (non-hydrogen) atoms. The van der Waals surface area contributed by atoms with Crippen LogP contribution in [0.2, 0.25) is 0 Å². The monoisotopic (exact) mass is 298 g/mol. The Bertz CT molecular complexity index is 581. The van der Waals surface area contributed by atoms with Crippen molar-refractivity contribution in [3.63, 3.8) is 0 Å². The Labute approximate surface area is 132 Å². The van der Waals surface area contributed by atoms with Gasteiger partial charge in [0.1, 0.15) is 0 Å². The van der Waals surface area contributed by atoms with E-state index < -0.39 is 0 Å². The second-order valence-corrected chi connectivity index (χ2v) is 7.69. The van der Waals surface area contributed by atoms with Crippen LogP contribution in [-0.2, 0) is 6.42 Å². The Kier molecular flexibility index (Phi) is 3.48. The second-order valence-electron chi connectivity index (χ2n) is 7.69. The summed E-state index contributed by atoms with van der Waals surface area (Å²) in [6, 6.07) is 6.53. The molecule has 2 aliphatic carbocycles. The van der Waals surface area contributed by atoms with Crippen molar-refractivity contribution < 1.29 is 4.79 Å². The van der Waals surface area contributed by atoms with Gasteiger partial charge in [0.25, 0.3) is 0 Å². The van der Waals surface area contributed by atoms with Gasteiger partial charge in [0.05, 0.1) is 0 Å². The molecule has 1 aromatic rings. The Hall–Kier alpha value is -1.35. The molecule has 1 atom stereocenters. The third-order valence-corrected chi connectivity index (χ3v) is 6.30. The second kappa shape index (κ2) is 5.38. The van der Waals surface area contributed by atoms with Gasteiger partial charge in [0, 0.05) is 11.6 Å². The molecule has 1 amide bonds. The predicted molar refractivity (Wildman–Crippen MR) is 87.6 cm³/mol. The third-order valence-electron chi connectivity index (χ3n) is 6.30. The molecular weight excluding hydrogens is 272 g/mol. The van der Waals surface area contributed by atoms with Crippen molar-refractivity contribution in [2.24, 2.45) is 17.1 Å². The molecule has 0 radical (unpaired) electrons. The Morgan fingerprint density at radius 1 is 1.18 bits per heavy atom. The van der Waals surface area contributed by atoms with Crippen molar-refractivity contribution in [1.29, 1.82) is 0 Å². The standard InChI is InChI=1S/C19H26N2O/c20-18(22)14-4-5-16-13(10-14)6-9-21-17(16)15-11-19(12-15)7-2-1-3-8-19/h4-5,10,15,17,21H,1-3,6-9,11-12H2,(H2,20,22). The first-order chi connectivity index (χ1) is 10.7. The van der Waals surface area contributed by atoms with E-state index in [0.29, 0.717) is 17.0 Å². The summed E-state index contributed by atoms with van der Waals surface area (Å²) in [7, 11) is 0. The molecule has 3 nitrogen and oxygen atoms in total. The molecule has 0 bridgehead atoms. The van der Waals surface area contributed by atoms with Gasteiger partial charge in [-0.2, -0.15) is 0 Å².